The fourth-order valence-corrected chi connectivity index (χ4v) is 2.97. The molecule has 0 saturated heterocycles. The van der Waals surface area contributed by atoms with E-state index in [4.69, 9.17) is 0 Å². The number of nitrogens with zero attached hydrogens (tertiary/aromatic N) is 4. The Hall–Kier alpha value is -2.36. The molecule has 0 unspecified atom stereocenters. The summed E-state index contributed by atoms with van der Waals surface area (Å²) in [6.07, 6.45) is 5.18. The SMILES string of the molecule is Cc1nc2ncnc(-c3ccc4c(c3)CCC4)c2nc1C. The topological polar surface area (TPSA) is 51.6 Å². The van der Waals surface area contributed by atoms with Crippen LogP contribution in [0.3, 0.4) is 0 Å². The minimum atomic E-state index is 0.670. The van der Waals surface area contributed by atoms with Crippen molar-refractivity contribution in [2.24, 2.45) is 0 Å². The first-order valence-corrected chi connectivity index (χ1v) is 7.30. The van der Waals surface area contributed by atoms with Gasteiger partial charge in [0.25, 0.3) is 0 Å². The molecule has 0 N–H and O–H groups in total. The Kier molecular flexibility index (Phi) is 2.70. The van der Waals surface area contributed by atoms with E-state index in [-0.39, 0.29) is 0 Å². The molecular formula is C17H16N4. The molecule has 21 heavy (non-hydrogen) atoms. The smallest absolute Gasteiger partial charge is 0.182 e. The van der Waals surface area contributed by atoms with Crippen molar-refractivity contribution >= 4 is 11.2 Å². The van der Waals surface area contributed by atoms with E-state index in [1.54, 1.807) is 6.33 Å². The molecule has 104 valence electrons. The van der Waals surface area contributed by atoms with Crippen LogP contribution in [-0.2, 0) is 12.8 Å². The Bertz CT molecular complexity index is 855. The first kappa shape index (κ1) is 12.4. The third kappa shape index (κ3) is 1.98. The Morgan fingerprint density at radius 2 is 1.71 bits per heavy atom. The lowest BCUT2D eigenvalue weighted by Gasteiger charge is -2.08. The summed E-state index contributed by atoms with van der Waals surface area (Å²) in [6.45, 7) is 3.93. The maximum absolute atomic E-state index is 4.66. The van der Waals surface area contributed by atoms with Crippen LogP contribution in [0, 0.1) is 13.8 Å². The summed E-state index contributed by atoms with van der Waals surface area (Å²) in [6, 6.07) is 6.61. The third-order valence-electron chi connectivity index (χ3n) is 4.25. The molecule has 3 aromatic rings. The highest BCUT2D eigenvalue weighted by Crippen LogP contribution is 2.29. The number of aromatic nitrogens is 4. The monoisotopic (exact) mass is 276 g/mol. The molecule has 1 aliphatic rings. The van der Waals surface area contributed by atoms with Crippen LogP contribution >= 0.6 is 0 Å². The van der Waals surface area contributed by atoms with Gasteiger partial charge in [0.05, 0.1) is 11.4 Å². The van der Waals surface area contributed by atoms with Crippen LogP contribution in [0.2, 0.25) is 0 Å². The number of aryl methyl sites for hydroxylation is 4. The minimum absolute atomic E-state index is 0.670. The van der Waals surface area contributed by atoms with E-state index in [2.05, 4.69) is 38.1 Å². The molecule has 0 fully saturated rings. The van der Waals surface area contributed by atoms with E-state index in [9.17, 15) is 0 Å². The Balaban J connectivity index is 1.96. The molecule has 0 radical (unpaired) electrons. The highest BCUT2D eigenvalue weighted by atomic mass is 15.0. The molecule has 4 heteroatoms. The van der Waals surface area contributed by atoms with Crippen molar-refractivity contribution in [2.75, 3.05) is 0 Å². The zero-order chi connectivity index (χ0) is 14.4. The quantitative estimate of drug-likeness (QED) is 0.685. The first-order valence-electron chi connectivity index (χ1n) is 7.30. The second-order valence-corrected chi connectivity index (χ2v) is 5.63. The summed E-state index contributed by atoms with van der Waals surface area (Å²) < 4.78 is 0. The molecule has 0 aliphatic heterocycles. The number of rotatable bonds is 1. The molecule has 0 spiro atoms. The van der Waals surface area contributed by atoms with Gasteiger partial charge in [-0.15, -0.1) is 0 Å². The summed E-state index contributed by atoms with van der Waals surface area (Å²) in [4.78, 5) is 17.9. The van der Waals surface area contributed by atoms with E-state index in [1.807, 2.05) is 13.8 Å². The summed E-state index contributed by atoms with van der Waals surface area (Å²) in [5, 5.41) is 0. The molecule has 1 aromatic carbocycles. The highest BCUT2D eigenvalue weighted by Gasteiger charge is 2.15. The summed E-state index contributed by atoms with van der Waals surface area (Å²) in [7, 11) is 0. The van der Waals surface area contributed by atoms with Gasteiger partial charge in [-0.3, -0.25) is 0 Å². The van der Waals surface area contributed by atoms with E-state index < -0.39 is 0 Å². The third-order valence-corrected chi connectivity index (χ3v) is 4.25. The van der Waals surface area contributed by atoms with Gasteiger partial charge in [-0.05, 0) is 50.3 Å². The fourth-order valence-electron chi connectivity index (χ4n) is 2.97. The lowest BCUT2D eigenvalue weighted by atomic mass is 10.0. The fraction of sp³-hybridized carbons (Fsp3) is 0.294. The van der Waals surface area contributed by atoms with Gasteiger partial charge in [0, 0.05) is 5.56 Å². The molecule has 2 aromatic heterocycles. The van der Waals surface area contributed by atoms with Crippen molar-refractivity contribution in [2.45, 2.75) is 33.1 Å². The lowest BCUT2D eigenvalue weighted by molar-refractivity contribution is 0.912. The summed E-state index contributed by atoms with van der Waals surface area (Å²) in [5.41, 5.74) is 8.21. The molecule has 2 heterocycles. The van der Waals surface area contributed by atoms with Gasteiger partial charge in [-0.1, -0.05) is 12.1 Å². The van der Waals surface area contributed by atoms with Crippen LogP contribution in [0.4, 0.5) is 0 Å². The molecule has 4 rings (SSSR count). The van der Waals surface area contributed by atoms with Gasteiger partial charge in [0.15, 0.2) is 5.65 Å². The normalized spacial score (nSPS) is 13.6. The highest BCUT2D eigenvalue weighted by molar-refractivity contribution is 5.86. The maximum Gasteiger partial charge on any atom is 0.182 e. The molecule has 0 atom stereocenters. The van der Waals surface area contributed by atoms with Crippen molar-refractivity contribution in [3.63, 3.8) is 0 Å². The number of benzene rings is 1. The molecule has 4 nitrogen and oxygen atoms in total. The Morgan fingerprint density at radius 1 is 0.905 bits per heavy atom. The van der Waals surface area contributed by atoms with Crippen molar-refractivity contribution in [3.05, 3.63) is 47.0 Å². The first-order chi connectivity index (χ1) is 10.2. The summed E-state index contributed by atoms with van der Waals surface area (Å²) >= 11 is 0. The van der Waals surface area contributed by atoms with E-state index in [1.165, 1.54) is 24.0 Å². The van der Waals surface area contributed by atoms with Crippen molar-refractivity contribution in [3.8, 4) is 11.3 Å². The van der Waals surface area contributed by atoms with Crippen molar-refractivity contribution < 1.29 is 0 Å². The average Bonchev–Trinajstić information content (AvgIpc) is 2.95. The average molecular weight is 276 g/mol. The van der Waals surface area contributed by atoms with E-state index in [0.29, 0.717) is 5.65 Å². The Labute approximate surface area is 123 Å². The predicted octanol–water partition coefficient (Wildman–Crippen LogP) is 3.19. The zero-order valence-corrected chi connectivity index (χ0v) is 12.2. The number of fused-ring (bicyclic) bond motifs is 2. The van der Waals surface area contributed by atoms with Crippen LogP contribution in [0.5, 0.6) is 0 Å². The van der Waals surface area contributed by atoms with Gasteiger partial charge >= 0.3 is 0 Å². The Morgan fingerprint density at radius 3 is 2.62 bits per heavy atom. The number of hydrogen-bond acceptors (Lipinski definition) is 4. The standard InChI is InChI=1S/C17H16N4/c1-10-11(2)21-17-16(20-10)15(18-9-19-17)14-7-6-12-4-3-5-13(12)8-14/h6-9H,3-5H2,1-2H3. The van der Waals surface area contributed by atoms with Crippen LogP contribution in [0.15, 0.2) is 24.5 Å². The second-order valence-electron chi connectivity index (χ2n) is 5.63. The van der Waals surface area contributed by atoms with E-state index >= 15 is 0 Å². The molecular weight excluding hydrogens is 260 g/mol. The summed E-state index contributed by atoms with van der Waals surface area (Å²) in [5.74, 6) is 0. The van der Waals surface area contributed by atoms with Gasteiger partial charge in [0.1, 0.15) is 17.5 Å². The minimum Gasteiger partial charge on any atom is -0.246 e. The van der Waals surface area contributed by atoms with Gasteiger partial charge < -0.3 is 0 Å². The molecule has 1 aliphatic carbocycles. The van der Waals surface area contributed by atoms with E-state index in [0.717, 1.165) is 34.6 Å². The van der Waals surface area contributed by atoms with Crippen LogP contribution in [-0.4, -0.2) is 19.9 Å². The zero-order valence-electron chi connectivity index (χ0n) is 12.2. The predicted molar refractivity (Wildman–Crippen MR) is 82.1 cm³/mol. The van der Waals surface area contributed by atoms with Gasteiger partial charge in [-0.25, -0.2) is 19.9 Å². The largest absolute Gasteiger partial charge is 0.246 e. The molecule has 0 saturated carbocycles. The van der Waals surface area contributed by atoms with Gasteiger partial charge in [-0.2, -0.15) is 0 Å². The van der Waals surface area contributed by atoms with Gasteiger partial charge in [0.2, 0.25) is 0 Å². The lowest BCUT2D eigenvalue weighted by Crippen LogP contribution is -1.99. The maximum atomic E-state index is 4.66. The number of hydrogen-bond donors (Lipinski definition) is 0. The van der Waals surface area contributed by atoms with Crippen LogP contribution in [0.1, 0.15) is 28.9 Å². The van der Waals surface area contributed by atoms with Crippen molar-refractivity contribution in [1.82, 2.24) is 19.9 Å². The molecule has 0 bridgehead atoms. The van der Waals surface area contributed by atoms with Crippen LogP contribution in [0.25, 0.3) is 22.4 Å². The second kappa shape index (κ2) is 4.58. The molecule has 0 amide bonds. The van der Waals surface area contributed by atoms with Crippen molar-refractivity contribution in [1.29, 1.82) is 0 Å². The van der Waals surface area contributed by atoms with Crippen LogP contribution < -0.4 is 0 Å².